The molecule has 1 heterocycles. The number of nitrogens with zero attached hydrogens (tertiary/aromatic N) is 1. The maximum absolute atomic E-state index is 4.61. The molecule has 0 bridgehead atoms. The number of rotatable bonds is 3. The van der Waals surface area contributed by atoms with Gasteiger partial charge in [0.2, 0.25) is 0 Å². The summed E-state index contributed by atoms with van der Waals surface area (Å²) in [5, 5.41) is 0. The second kappa shape index (κ2) is 7.96. The van der Waals surface area contributed by atoms with E-state index in [1.807, 2.05) is 11.8 Å². The van der Waals surface area contributed by atoms with Crippen LogP contribution in [0.25, 0.3) is 0 Å². The number of halogens is 1. The zero-order chi connectivity index (χ0) is 19.7. The number of hydrogen-bond acceptors (Lipinski definition) is 2. The summed E-state index contributed by atoms with van der Waals surface area (Å²) in [5.41, 5.74) is 3.99. The standard InChI is InChI=1S/C23H30INS2/c1-18-11-6-7-12-19-13-10-15-21(23(19)26-17-18)25(24)20-14-8-9-16-22(20)27(2,3,4)5/h6-10,13-16,18H,2,11-12,17H2,1,3-5H3/b7-6-. The number of hydrogen-bond donors (Lipinski definition) is 0. The van der Waals surface area contributed by atoms with Crippen molar-refractivity contribution in [3.8, 4) is 0 Å². The Morgan fingerprint density at radius 1 is 1.04 bits per heavy atom. The fourth-order valence-electron chi connectivity index (χ4n) is 3.27. The second-order valence-corrected chi connectivity index (χ2v) is 16.8. The number of anilines is 2. The lowest BCUT2D eigenvalue weighted by molar-refractivity contribution is 0.675. The summed E-state index contributed by atoms with van der Waals surface area (Å²) in [6.45, 7) is 2.35. The van der Waals surface area contributed by atoms with Crippen molar-refractivity contribution in [1.29, 1.82) is 0 Å². The van der Waals surface area contributed by atoms with E-state index in [4.69, 9.17) is 0 Å². The number of benzene rings is 2. The summed E-state index contributed by atoms with van der Waals surface area (Å²) in [6, 6.07) is 15.5. The zero-order valence-electron chi connectivity index (χ0n) is 16.7. The molecule has 1 aliphatic heterocycles. The molecule has 0 fully saturated rings. The predicted molar refractivity (Wildman–Crippen MR) is 137 cm³/mol. The van der Waals surface area contributed by atoms with Crippen LogP contribution in [0.4, 0.5) is 11.4 Å². The van der Waals surface area contributed by atoms with Crippen LogP contribution >= 0.6 is 43.4 Å². The Kier molecular flexibility index (Phi) is 6.19. The molecule has 0 aliphatic carbocycles. The molecule has 0 amide bonds. The first-order valence-electron chi connectivity index (χ1n) is 9.30. The molecular formula is C23H30INS2. The van der Waals surface area contributed by atoms with E-state index >= 15 is 0 Å². The first-order chi connectivity index (χ1) is 12.6. The van der Waals surface area contributed by atoms with E-state index < -0.39 is 8.75 Å². The maximum Gasteiger partial charge on any atom is 0.0649 e. The molecule has 0 saturated carbocycles. The Balaban J connectivity index is 2.10. The molecule has 0 N–H and O–H groups in total. The molecule has 146 valence electrons. The quantitative estimate of drug-likeness (QED) is 0.183. The molecule has 2 aromatic rings. The third-order valence-electron chi connectivity index (χ3n) is 4.73. The van der Waals surface area contributed by atoms with E-state index in [2.05, 4.69) is 112 Å². The molecular weight excluding hydrogens is 481 g/mol. The van der Waals surface area contributed by atoms with E-state index in [1.54, 1.807) is 0 Å². The summed E-state index contributed by atoms with van der Waals surface area (Å²) in [6.07, 6.45) is 13.8. The van der Waals surface area contributed by atoms with Crippen LogP contribution in [0.5, 0.6) is 0 Å². The Bertz CT molecular complexity index is 915. The van der Waals surface area contributed by atoms with Crippen molar-refractivity contribution in [2.24, 2.45) is 5.92 Å². The molecule has 3 rings (SSSR count). The summed E-state index contributed by atoms with van der Waals surface area (Å²) < 4.78 is 2.35. The van der Waals surface area contributed by atoms with Crippen molar-refractivity contribution in [2.45, 2.75) is 29.6 Å². The zero-order valence-corrected chi connectivity index (χ0v) is 20.5. The topological polar surface area (TPSA) is 3.24 Å². The molecule has 27 heavy (non-hydrogen) atoms. The lowest BCUT2D eigenvalue weighted by Gasteiger charge is -2.39. The van der Waals surface area contributed by atoms with Crippen molar-refractivity contribution >= 4 is 60.6 Å². The average molecular weight is 512 g/mol. The largest absolute Gasteiger partial charge is 0.281 e. The van der Waals surface area contributed by atoms with Gasteiger partial charge in [-0.2, -0.15) is 0 Å². The molecule has 1 aliphatic rings. The molecule has 0 radical (unpaired) electrons. The van der Waals surface area contributed by atoms with Gasteiger partial charge in [-0.15, -0.1) is 11.8 Å². The van der Waals surface area contributed by atoms with E-state index in [1.165, 1.54) is 33.2 Å². The smallest absolute Gasteiger partial charge is 0.0649 e. The highest BCUT2D eigenvalue weighted by atomic mass is 127. The first-order valence-corrected chi connectivity index (χ1v) is 14.7. The van der Waals surface area contributed by atoms with E-state index in [0.29, 0.717) is 5.92 Å². The van der Waals surface area contributed by atoms with Crippen LogP contribution < -0.4 is 3.11 Å². The highest BCUT2D eigenvalue weighted by Gasteiger charge is 2.23. The van der Waals surface area contributed by atoms with Crippen LogP contribution in [0.3, 0.4) is 0 Å². The normalized spacial score (nSPS) is 20.3. The highest BCUT2D eigenvalue weighted by Crippen LogP contribution is 2.59. The van der Waals surface area contributed by atoms with Gasteiger partial charge in [0.05, 0.1) is 34.2 Å². The molecule has 4 heteroatoms. The van der Waals surface area contributed by atoms with Gasteiger partial charge in [-0.1, -0.05) is 49.2 Å². The van der Waals surface area contributed by atoms with Crippen LogP contribution in [-0.4, -0.2) is 30.4 Å². The van der Waals surface area contributed by atoms with Gasteiger partial charge in [-0.3, -0.25) is 3.11 Å². The van der Waals surface area contributed by atoms with Gasteiger partial charge in [0.15, 0.2) is 0 Å². The van der Waals surface area contributed by atoms with Gasteiger partial charge in [0.1, 0.15) is 0 Å². The fourth-order valence-corrected chi connectivity index (χ4v) is 7.17. The van der Waals surface area contributed by atoms with Crippen molar-refractivity contribution in [3.63, 3.8) is 0 Å². The minimum Gasteiger partial charge on any atom is -0.281 e. The first kappa shape index (κ1) is 21.0. The van der Waals surface area contributed by atoms with Crippen LogP contribution in [0, 0.1) is 5.92 Å². The average Bonchev–Trinajstić information content (AvgIpc) is 2.70. The Labute approximate surface area is 183 Å². The van der Waals surface area contributed by atoms with E-state index in [9.17, 15) is 0 Å². The number of fused-ring (bicyclic) bond motifs is 1. The number of allylic oxidation sites excluding steroid dienone is 2. The molecule has 1 unspecified atom stereocenters. The Morgan fingerprint density at radius 2 is 1.74 bits per heavy atom. The van der Waals surface area contributed by atoms with Gasteiger partial charge in [0, 0.05) is 15.5 Å². The third-order valence-corrected chi connectivity index (χ3v) is 9.25. The molecule has 0 spiro atoms. The molecule has 1 nitrogen and oxygen atoms in total. The van der Waals surface area contributed by atoms with Gasteiger partial charge in [-0.25, -0.2) is 8.75 Å². The summed E-state index contributed by atoms with van der Waals surface area (Å²) in [4.78, 5) is 2.79. The van der Waals surface area contributed by atoms with E-state index in [-0.39, 0.29) is 0 Å². The monoisotopic (exact) mass is 511 g/mol. The van der Waals surface area contributed by atoms with E-state index in [0.717, 1.165) is 12.2 Å². The van der Waals surface area contributed by atoms with Crippen molar-refractivity contribution in [3.05, 3.63) is 60.2 Å². The van der Waals surface area contributed by atoms with Crippen LogP contribution in [0.2, 0.25) is 0 Å². The summed E-state index contributed by atoms with van der Waals surface area (Å²) >= 11 is 4.49. The molecule has 0 saturated heterocycles. The van der Waals surface area contributed by atoms with Crippen molar-refractivity contribution in [1.82, 2.24) is 0 Å². The van der Waals surface area contributed by atoms with Crippen molar-refractivity contribution in [2.75, 3.05) is 27.6 Å². The Hall–Kier alpha value is -0.720. The fraction of sp³-hybridized carbons (Fsp3) is 0.348. The van der Waals surface area contributed by atoms with Crippen LogP contribution in [-0.2, 0) is 6.42 Å². The van der Waals surface area contributed by atoms with Crippen LogP contribution in [0.15, 0.2) is 64.4 Å². The third kappa shape index (κ3) is 5.01. The lowest BCUT2D eigenvalue weighted by atomic mass is 10.1. The lowest BCUT2D eigenvalue weighted by Crippen LogP contribution is -2.11. The highest BCUT2D eigenvalue weighted by molar-refractivity contribution is 14.1. The molecule has 1 atom stereocenters. The van der Waals surface area contributed by atoms with Gasteiger partial charge < -0.3 is 0 Å². The minimum absolute atomic E-state index is 0.698. The van der Waals surface area contributed by atoms with Gasteiger partial charge >= 0.3 is 0 Å². The second-order valence-electron chi connectivity index (χ2n) is 8.69. The molecule has 2 aromatic carbocycles. The summed E-state index contributed by atoms with van der Waals surface area (Å²) in [5.74, 6) is 6.46. The van der Waals surface area contributed by atoms with Crippen molar-refractivity contribution < 1.29 is 0 Å². The number of para-hydroxylation sites is 1. The van der Waals surface area contributed by atoms with Gasteiger partial charge in [0.25, 0.3) is 0 Å². The summed E-state index contributed by atoms with van der Waals surface area (Å²) in [7, 11) is -1.87. The SMILES string of the molecule is C=S(C)(C)(C)c1ccccc1N(I)c1cccc2c1SCC(C)C/C=C\C2. The number of thioether (sulfide) groups is 1. The Morgan fingerprint density at radius 3 is 2.48 bits per heavy atom. The maximum atomic E-state index is 4.61. The van der Waals surface area contributed by atoms with Gasteiger partial charge in [-0.05, 0) is 61.3 Å². The predicted octanol–water partition coefficient (Wildman–Crippen LogP) is 7.43. The van der Waals surface area contributed by atoms with Crippen LogP contribution in [0.1, 0.15) is 18.9 Å². The minimum atomic E-state index is -1.87. The molecule has 0 aromatic heterocycles.